The summed E-state index contributed by atoms with van der Waals surface area (Å²) in [6, 6.07) is 0. The lowest BCUT2D eigenvalue weighted by Gasteiger charge is -2.46. The summed E-state index contributed by atoms with van der Waals surface area (Å²) in [6.45, 7) is 11.8. The molecule has 0 spiro atoms. The minimum atomic E-state index is 0.0695. The third-order valence-corrected chi connectivity index (χ3v) is 4.96. The molecular formula is C13H25NO. The van der Waals surface area contributed by atoms with E-state index in [0.717, 1.165) is 11.8 Å². The SMILES string of the molecule is CCC(C)C12CN1CC(C)CC2(C)OC. The summed E-state index contributed by atoms with van der Waals surface area (Å²) in [5.41, 5.74) is 0.420. The maximum atomic E-state index is 5.89. The summed E-state index contributed by atoms with van der Waals surface area (Å²) in [5, 5.41) is 0. The van der Waals surface area contributed by atoms with Crippen molar-refractivity contribution in [3.05, 3.63) is 0 Å². The Morgan fingerprint density at radius 1 is 1.53 bits per heavy atom. The summed E-state index contributed by atoms with van der Waals surface area (Å²) in [4.78, 5) is 2.64. The van der Waals surface area contributed by atoms with Crippen molar-refractivity contribution in [1.29, 1.82) is 0 Å². The van der Waals surface area contributed by atoms with Gasteiger partial charge in [-0.1, -0.05) is 27.2 Å². The number of methoxy groups -OCH3 is 1. The molecule has 0 radical (unpaired) electrons. The summed E-state index contributed by atoms with van der Waals surface area (Å²) in [7, 11) is 1.89. The molecule has 0 saturated carbocycles. The van der Waals surface area contributed by atoms with E-state index in [9.17, 15) is 0 Å². The van der Waals surface area contributed by atoms with Gasteiger partial charge in [0.15, 0.2) is 0 Å². The highest BCUT2D eigenvalue weighted by Crippen LogP contribution is 2.55. The Balaban J connectivity index is 2.26. The molecule has 0 aromatic rings. The lowest BCUT2D eigenvalue weighted by molar-refractivity contribution is -0.0931. The molecule has 5 atom stereocenters. The number of fused-ring (bicyclic) bond motifs is 1. The van der Waals surface area contributed by atoms with Crippen LogP contribution in [0.25, 0.3) is 0 Å². The van der Waals surface area contributed by atoms with Crippen molar-refractivity contribution in [2.24, 2.45) is 11.8 Å². The molecule has 2 heteroatoms. The highest BCUT2D eigenvalue weighted by atomic mass is 16.5. The number of hydrogen-bond donors (Lipinski definition) is 0. The second-order valence-electron chi connectivity index (χ2n) is 5.86. The van der Waals surface area contributed by atoms with Crippen LogP contribution in [0.3, 0.4) is 0 Å². The predicted molar refractivity (Wildman–Crippen MR) is 63.0 cm³/mol. The van der Waals surface area contributed by atoms with Gasteiger partial charge in [0.05, 0.1) is 11.1 Å². The van der Waals surface area contributed by atoms with Crippen LogP contribution < -0.4 is 0 Å². The Morgan fingerprint density at radius 2 is 2.20 bits per heavy atom. The first kappa shape index (κ1) is 11.4. The van der Waals surface area contributed by atoms with Gasteiger partial charge in [-0.3, -0.25) is 4.90 Å². The van der Waals surface area contributed by atoms with Crippen molar-refractivity contribution in [2.45, 2.75) is 51.7 Å². The molecule has 88 valence electrons. The standard InChI is InChI=1S/C13H25NO/c1-6-11(3)13-9-14(13)8-10(2)7-12(13,4)15-5/h10-11H,6-9H2,1-5H3. The molecule has 2 fully saturated rings. The van der Waals surface area contributed by atoms with E-state index in [1.54, 1.807) is 0 Å². The van der Waals surface area contributed by atoms with Crippen LogP contribution in [0.1, 0.15) is 40.5 Å². The molecule has 5 unspecified atom stereocenters. The van der Waals surface area contributed by atoms with E-state index in [1.807, 2.05) is 7.11 Å². The quantitative estimate of drug-likeness (QED) is 0.665. The number of ether oxygens (including phenoxy) is 1. The van der Waals surface area contributed by atoms with Crippen molar-refractivity contribution >= 4 is 0 Å². The number of piperidine rings is 1. The van der Waals surface area contributed by atoms with Crippen molar-refractivity contribution in [3.63, 3.8) is 0 Å². The zero-order valence-electron chi connectivity index (χ0n) is 10.8. The Kier molecular flexibility index (Phi) is 2.63. The van der Waals surface area contributed by atoms with Gasteiger partial charge in [-0.2, -0.15) is 0 Å². The van der Waals surface area contributed by atoms with Crippen LogP contribution in [0.15, 0.2) is 0 Å². The monoisotopic (exact) mass is 211 g/mol. The highest BCUT2D eigenvalue weighted by Gasteiger charge is 2.68. The third kappa shape index (κ3) is 1.38. The molecule has 2 aliphatic heterocycles. The van der Waals surface area contributed by atoms with Crippen LogP contribution in [0.2, 0.25) is 0 Å². The summed E-state index contributed by atoms with van der Waals surface area (Å²) < 4.78 is 5.89. The lowest BCUT2D eigenvalue weighted by Crippen LogP contribution is -2.55. The van der Waals surface area contributed by atoms with Crippen molar-refractivity contribution in [2.75, 3.05) is 20.2 Å². The minimum absolute atomic E-state index is 0.0695. The number of nitrogens with zero attached hydrogens (tertiary/aromatic N) is 1. The van der Waals surface area contributed by atoms with Gasteiger partial charge < -0.3 is 4.74 Å². The molecule has 2 rings (SSSR count). The average Bonchev–Trinajstić information content (AvgIpc) is 2.92. The molecule has 0 N–H and O–H groups in total. The van der Waals surface area contributed by atoms with Crippen molar-refractivity contribution in [3.8, 4) is 0 Å². The zero-order chi connectivity index (χ0) is 11.3. The molecule has 0 aliphatic carbocycles. The smallest absolute Gasteiger partial charge is 0.0851 e. The van der Waals surface area contributed by atoms with Crippen molar-refractivity contribution < 1.29 is 4.74 Å². The lowest BCUT2D eigenvalue weighted by atomic mass is 9.71. The summed E-state index contributed by atoms with van der Waals surface area (Å²) in [6.07, 6.45) is 2.47. The van der Waals surface area contributed by atoms with Gasteiger partial charge in [0.2, 0.25) is 0 Å². The highest BCUT2D eigenvalue weighted by molar-refractivity contribution is 5.23. The van der Waals surface area contributed by atoms with Gasteiger partial charge in [0.1, 0.15) is 0 Å². The van der Waals surface area contributed by atoms with E-state index in [-0.39, 0.29) is 5.60 Å². The molecule has 0 aromatic heterocycles. The third-order valence-electron chi connectivity index (χ3n) is 4.96. The maximum absolute atomic E-state index is 5.89. The van der Waals surface area contributed by atoms with Crippen LogP contribution in [0, 0.1) is 11.8 Å². The van der Waals surface area contributed by atoms with Crippen LogP contribution in [-0.2, 0) is 4.74 Å². The van der Waals surface area contributed by atoms with Crippen LogP contribution in [-0.4, -0.2) is 36.2 Å². The Labute approximate surface area is 94.0 Å². The van der Waals surface area contributed by atoms with Gasteiger partial charge in [-0.05, 0) is 25.2 Å². The molecule has 2 saturated heterocycles. The summed E-state index contributed by atoms with van der Waals surface area (Å²) in [5.74, 6) is 1.52. The topological polar surface area (TPSA) is 12.2 Å². The number of hydrogen-bond acceptors (Lipinski definition) is 2. The largest absolute Gasteiger partial charge is 0.377 e. The van der Waals surface area contributed by atoms with Crippen LogP contribution in [0.5, 0.6) is 0 Å². The van der Waals surface area contributed by atoms with Gasteiger partial charge in [0, 0.05) is 20.2 Å². The first-order valence-electron chi connectivity index (χ1n) is 6.30. The second-order valence-corrected chi connectivity index (χ2v) is 5.86. The van der Waals surface area contributed by atoms with E-state index in [0.29, 0.717) is 5.54 Å². The van der Waals surface area contributed by atoms with E-state index in [2.05, 4.69) is 32.6 Å². The fourth-order valence-corrected chi connectivity index (χ4v) is 3.85. The molecule has 15 heavy (non-hydrogen) atoms. The van der Waals surface area contributed by atoms with E-state index in [1.165, 1.54) is 25.9 Å². The first-order chi connectivity index (χ1) is 7.00. The maximum Gasteiger partial charge on any atom is 0.0851 e. The Hall–Kier alpha value is -0.0800. The molecular weight excluding hydrogens is 186 g/mol. The number of rotatable bonds is 3. The van der Waals surface area contributed by atoms with Gasteiger partial charge in [-0.25, -0.2) is 0 Å². The van der Waals surface area contributed by atoms with E-state index >= 15 is 0 Å². The van der Waals surface area contributed by atoms with Gasteiger partial charge >= 0.3 is 0 Å². The zero-order valence-corrected chi connectivity index (χ0v) is 10.8. The van der Waals surface area contributed by atoms with Crippen LogP contribution >= 0.6 is 0 Å². The normalized spacial score (nSPS) is 51.0. The van der Waals surface area contributed by atoms with Crippen molar-refractivity contribution in [1.82, 2.24) is 4.90 Å². The van der Waals surface area contributed by atoms with Crippen LogP contribution in [0.4, 0.5) is 0 Å². The molecule has 2 nitrogen and oxygen atoms in total. The minimum Gasteiger partial charge on any atom is -0.377 e. The Morgan fingerprint density at radius 3 is 2.73 bits per heavy atom. The molecule has 0 bridgehead atoms. The predicted octanol–water partition coefficient (Wildman–Crippen LogP) is 2.53. The molecule has 2 aliphatic rings. The van der Waals surface area contributed by atoms with Gasteiger partial charge in [0.25, 0.3) is 0 Å². The average molecular weight is 211 g/mol. The molecule has 0 aromatic carbocycles. The second kappa shape index (κ2) is 3.46. The first-order valence-corrected chi connectivity index (χ1v) is 6.30. The molecule has 0 amide bonds. The fraction of sp³-hybridized carbons (Fsp3) is 1.00. The van der Waals surface area contributed by atoms with Gasteiger partial charge in [-0.15, -0.1) is 0 Å². The Bertz CT molecular complexity index is 255. The fourth-order valence-electron chi connectivity index (χ4n) is 3.85. The molecule has 2 heterocycles. The summed E-state index contributed by atoms with van der Waals surface area (Å²) >= 11 is 0. The van der Waals surface area contributed by atoms with E-state index < -0.39 is 0 Å². The van der Waals surface area contributed by atoms with E-state index in [4.69, 9.17) is 4.74 Å².